The Morgan fingerprint density at radius 3 is 2.76 bits per heavy atom. The van der Waals surface area contributed by atoms with E-state index in [9.17, 15) is 19.6 Å². The van der Waals surface area contributed by atoms with Gasteiger partial charge in [0.15, 0.2) is 0 Å². The van der Waals surface area contributed by atoms with Crippen molar-refractivity contribution in [1.29, 1.82) is 0 Å². The highest BCUT2D eigenvalue weighted by Crippen LogP contribution is 2.37. The zero-order valence-electron chi connectivity index (χ0n) is 13.4. The van der Waals surface area contributed by atoms with Crippen LogP contribution < -0.4 is 11.1 Å². The summed E-state index contributed by atoms with van der Waals surface area (Å²) in [5, 5.41) is 12.5. The predicted molar refractivity (Wildman–Crippen MR) is 91.7 cm³/mol. The molecule has 2 unspecified atom stereocenters. The molecular weight excluding hydrogens is 322 g/mol. The smallest absolute Gasteiger partial charge is 0.326 e. The van der Waals surface area contributed by atoms with Crippen LogP contribution in [0, 0.1) is 4.91 Å². The molecule has 2 aliphatic rings. The Kier molecular flexibility index (Phi) is 4.47. The van der Waals surface area contributed by atoms with Crippen molar-refractivity contribution in [2.45, 2.75) is 24.9 Å². The number of hydrogen-bond donors (Lipinski definition) is 3. The van der Waals surface area contributed by atoms with E-state index in [0.29, 0.717) is 22.5 Å². The Morgan fingerprint density at radius 2 is 2.04 bits per heavy atom. The summed E-state index contributed by atoms with van der Waals surface area (Å²) in [5.41, 5.74) is 7.52. The molecule has 0 saturated carbocycles. The van der Waals surface area contributed by atoms with Crippen LogP contribution in [0.3, 0.4) is 0 Å². The van der Waals surface area contributed by atoms with Gasteiger partial charge in [0.25, 0.3) is 11.7 Å². The first-order valence-electron chi connectivity index (χ1n) is 7.91. The van der Waals surface area contributed by atoms with E-state index in [-0.39, 0.29) is 12.8 Å². The lowest BCUT2D eigenvalue weighted by molar-refractivity contribution is -0.483. The third-order valence-corrected chi connectivity index (χ3v) is 4.25. The van der Waals surface area contributed by atoms with E-state index in [1.807, 2.05) is 0 Å². The Hall–Kier alpha value is -3.22. The fourth-order valence-corrected chi connectivity index (χ4v) is 3.03. The summed E-state index contributed by atoms with van der Waals surface area (Å²) >= 11 is 0. The number of carbonyl (C=O) groups is 2. The number of nitroso groups, excluding NO2 is 1. The zero-order chi connectivity index (χ0) is 18.0. The monoisotopic (exact) mass is 340 g/mol. The molecule has 7 heteroatoms. The third kappa shape index (κ3) is 3.21. The number of hydrogen-bond acceptors (Lipinski definition) is 4. The van der Waals surface area contributed by atoms with Crippen LogP contribution in [0.4, 0.5) is 5.69 Å². The number of carboxylic acids is 1. The van der Waals surface area contributed by atoms with Crippen molar-refractivity contribution in [3.8, 4) is 0 Å². The van der Waals surface area contributed by atoms with Crippen LogP contribution in [0.1, 0.15) is 18.4 Å². The molecule has 0 bridgehead atoms. The van der Waals surface area contributed by atoms with Crippen LogP contribution in [-0.4, -0.2) is 33.8 Å². The number of nitrogens with one attached hydrogen (secondary N) is 1. The molecule has 1 aliphatic carbocycles. The summed E-state index contributed by atoms with van der Waals surface area (Å²) in [7, 11) is 0. The normalized spacial score (nSPS) is 19.2. The Balaban J connectivity index is 2.03. The summed E-state index contributed by atoms with van der Waals surface area (Å²) < 4.78 is 0.912. The number of carbonyl (C=O) groups excluding carboxylic acids is 1. The second-order valence-corrected chi connectivity index (χ2v) is 5.90. The zero-order valence-corrected chi connectivity index (χ0v) is 13.4. The van der Waals surface area contributed by atoms with Gasteiger partial charge in [0, 0.05) is 22.2 Å². The first kappa shape index (κ1) is 16.6. The molecule has 0 radical (unpaired) electrons. The highest BCUT2D eigenvalue weighted by atomic mass is 16.4. The van der Waals surface area contributed by atoms with E-state index in [1.54, 1.807) is 48.6 Å². The maximum absolute atomic E-state index is 12.6. The number of carboxylic acid groups (broad SMARTS) is 1. The first-order chi connectivity index (χ1) is 12.0. The highest BCUT2D eigenvalue weighted by molar-refractivity contribution is 5.83. The van der Waals surface area contributed by atoms with Gasteiger partial charge in [-0.2, -0.15) is 0 Å². The van der Waals surface area contributed by atoms with Gasteiger partial charge in [-0.25, -0.2) is 4.79 Å². The van der Waals surface area contributed by atoms with Crippen LogP contribution in [0.15, 0.2) is 54.1 Å². The second-order valence-electron chi connectivity index (χ2n) is 5.90. The minimum absolute atomic E-state index is 0.0406. The van der Waals surface area contributed by atoms with Crippen molar-refractivity contribution in [3.63, 3.8) is 0 Å². The van der Waals surface area contributed by atoms with E-state index >= 15 is 0 Å². The Bertz CT molecular complexity index is 838. The van der Waals surface area contributed by atoms with Crippen molar-refractivity contribution >= 4 is 23.3 Å². The maximum atomic E-state index is 12.6. The molecule has 1 heterocycles. The molecule has 1 amide bonds. The molecule has 0 spiro atoms. The van der Waals surface area contributed by atoms with E-state index in [2.05, 4.69) is 5.32 Å². The Labute approximate surface area is 144 Å². The molecule has 1 aromatic rings. The molecule has 1 aliphatic heterocycles. The van der Waals surface area contributed by atoms with Gasteiger partial charge >= 0.3 is 5.97 Å². The van der Waals surface area contributed by atoms with Crippen LogP contribution in [0.5, 0.6) is 0 Å². The fourth-order valence-electron chi connectivity index (χ4n) is 3.03. The van der Waals surface area contributed by atoms with Gasteiger partial charge in [0.2, 0.25) is 5.91 Å². The summed E-state index contributed by atoms with van der Waals surface area (Å²) in [5.74, 6) is -1.64. The number of para-hydroxylation sites is 1. The lowest BCUT2D eigenvalue weighted by Gasteiger charge is -2.25. The molecular formula is C18H18N3O4+. The van der Waals surface area contributed by atoms with Crippen molar-refractivity contribution in [3.05, 3.63) is 64.6 Å². The molecule has 2 atom stereocenters. The minimum Gasteiger partial charge on any atom is -0.480 e. The molecule has 7 nitrogen and oxygen atoms in total. The fraction of sp³-hybridized carbons (Fsp3) is 0.222. The number of amides is 1. The first-order valence-corrected chi connectivity index (χ1v) is 7.91. The van der Waals surface area contributed by atoms with E-state index in [1.165, 1.54) is 0 Å². The number of nitrogens with two attached hydrogens (primary N) is 1. The van der Waals surface area contributed by atoms with E-state index < -0.39 is 24.0 Å². The topological polar surface area (TPSA) is 113 Å². The average Bonchev–Trinajstić information content (AvgIpc) is 2.60. The number of fused-ring (bicyclic) bond motifs is 2. The number of allylic oxidation sites excluding steroid dienone is 2. The summed E-state index contributed by atoms with van der Waals surface area (Å²) in [4.78, 5) is 35.2. The summed E-state index contributed by atoms with van der Waals surface area (Å²) in [6.07, 6.45) is 7.16. The molecule has 25 heavy (non-hydrogen) atoms. The number of rotatable bonds is 6. The van der Waals surface area contributed by atoms with Crippen molar-refractivity contribution in [1.82, 2.24) is 5.32 Å². The van der Waals surface area contributed by atoms with Crippen molar-refractivity contribution in [2.75, 3.05) is 0 Å². The maximum Gasteiger partial charge on any atom is 0.326 e. The molecule has 3 rings (SSSR count). The van der Waals surface area contributed by atoms with Crippen molar-refractivity contribution in [2.24, 2.45) is 5.73 Å². The second kappa shape index (κ2) is 6.72. The van der Waals surface area contributed by atoms with Crippen LogP contribution in [0.25, 0.3) is 5.70 Å². The SMILES string of the molecule is NC(=O)CCC(NC1=C2C=CC=CC2[N+](=O)c2ccccc21)C(=O)O. The highest BCUT2D eigenvalue weighted by Gasteiger charge is 2.40. The number of aliphatic carboxylic acids is 1. The number of primary amides is 1. The number of benzene rings is 1. The van der Waals surface area contributed by atoms with Gasteiger partial charge in [-0.1, -0.05) is 24.3 Å². The summed E-state index contributed by atoms with van der Waals surface area (Å²) in [6.45, 7) is 0. The predicted octanol–water partition coefficient (Wildman–Crippen LogP) is 1.62. The average molecular weight is 340 g/mol. The molecule has 0 saturated heterocycles. The molecule has 0 aromatic heterocycles. The largest absolute Gasteiger partial charge is 0.480 e. The molecule has 4 N–H and O–H groups in total. The van der Waals surface area contributed by atoms with Gasteiger partial charge in [-0.3, -0.25) is 4.79 Å². The van der Waals surface area contributed by atoms with Crippen molar-refractivity contribution < 1.29 is 19.5 Å². The van der Waals surface area contributed by atoms with E-state index in [0.717, 1.165) is 4.76 Å². The molecule has 128 valence electrons. The van der Waals surface area contributed by atoms with Gasteiger partial charge in [-0.15, -0.1) is 0 Å². The third-order valence-electron chi connectivity index (χ3n) is 4.25. The van der Waals surface area contributed by atoms with Gasteiger partial charge < -0.3 is 16.2 Å². The van der Waals surface area contributed by atoms with Crippen LogP contribution in [0.2, 0.25) is 0 Å². The lowest BCUT2D eigenvalue weighted by atomic mass is 9.90. The van der Waals surface area contributed by atoms with Gasteiger partial charge in [-0.05, 0) is 24.6 Å². The standard InChI is InChI=1S/C18H17N3O4/c19-16(22)10-9-13(18(23)24)20-17-11-5-1-3-7-14(11)21(25)15-8-4-2-6-12(15)17/h1-8,13-14,20H,9-10H2,(H2-,19,22,23,24)/p+1. The summed E-state index contributed by atoms with van der Waals surface area (Å²) in [6, 6.07) is 5.51. The van der Waals surface area contributed by atoms with Gasteiger partial charge in [0.05, 0.1) is 16.8 Å². The van der Waals surface area contributed by atoms with Crippen LogP contribution >= 0.6 is 0 Å². The number of nitrogens with zero attached hydrogens (tertiary/aromatic N) is 1. The molecule has 1 aromatic carbocycles. The lowest BCUT2D eigenvalue weighted by Crippen LogP contribution is -2.39. The van der Waals surface area contributed by atoms with E-state index in [4.69, 9.17) is 5.73 Å². The van der Waals surface area contributed by atoms with Gasteiger partial charge in [0.1, 0.15) is 6.04 Å². The Morgan fingerprint density at radius 1 is 1.28 bits per heavy atom. The molecule has 0 fully saturated rings. The quantitative estimate of drug-likeness (QED) is 0.681. The van der Waals surface area contributed by atoms with Crippen LogP contribution in [-0.2, 0) is 9.59 Å². The minimum atomic E-state index is -1.08.